The van der Waals surface area contributed by atoms with E-state index in [1.54, 1.807) is 11.3 Å². The molecule has 0 radical (unpaired) electrons. The van der Waals surface area contributed by atoms with Gasteiger partial charge in [0.2, 0.25) is 0 Å². The highest BCUT2D eigenvalue weighted by atomic mass is 32.1. The minimum Gasteiger partial charge on any atom is -0.357 e. The van der Waals surface area contributed by atoms with Gasteiger partial charge in [0.05, 0.1) is 12.2 Å². The van der Waals surface area contributed by atoms with E-state index in [-0.39, 0.29) is 0 Å². The first-order chi connectivity index (χ1) is 10.6. The van der Waals surface area contributed by atoms with Gasteiger partial charge in [-0.25, -0.2) is 9.98 Å². The minimum atomic E-state index is 0.494. The Morgan fingerprint density at radius 1 is 1.41 bits per heavy atom. The molecular formula is C17H28N4S. The van der Waals surface area contributed by atoms with Crippen LogP contribution >= 0.6 is 11.3 Å². The van der Waals surface area contributed by atoms with E-state index in [0.29, 0.717) is 17.9 Å². The van der Waals surface area contributed by atoms with Gasteiger partial charge >= 0.3 is 0 Å². The maximum Gasteiger partial charge on any atom is 0.191 e. The summed E-state index contributed by atoms with van der Waals surface area (Å²) in [5, 5.41) is 10.2. The van der Waals surface area contributed by atoms with Crippen molar-refractivity contribution in [2.45, 2.75) is 58.9 Å². The fraction of sp³-hybridized carbons (Fsp3) is 0.765. The van der Waals surface area contributed by atoms with E-state index in [1.165, 1.54) is 31.4 Å². The SMILES string of the molecule is CCNC(=NCc1nc(C(C)C)cs1)NCC1(C2CC2)CC1. The number of guanidine groups is 1. The van der Waals surface area contributed by atoms with Crippen LogP contribution in [-0.2, 0) is 6.54 Å². The second-order valence-corrected chi connectivity index (χ2v) is 7.95. The second kappa shape index (κ2) is 6.57. The zero-order valence-electron chi connectivity index (χ0n) is 14.0. The van der Waals surface area contributed by atoms with E-state index in [9.17, 15) is 0 Å². The highest BCUT2D eigenvalue weighted by Gasteiger charge is 2.53. The molecule has 0 atom stereocenters. The molecule has 0 aromatic carbocycles. The number of hydrogen-bond acceptors (Lipinski definition) is 3. The monoisotopic (exact) mass is 320 g/mol. The maximum atomic E-state index is 4.71. The molecule has 2 aliphatic carbocycles. The Morgan fingerprint density at radius 2 is 2.18 bits per heavy atom. The summed E-state index contributed by atoms with van der Waals surface area (Å²) in [6.45, 7) is 9.13. The van der Waals surface area contributed by atoms with Crippen LogP contribution in [0.25, 0.3) is 0 Å². The Hall–Kier alpha value is -1.10. The van der Waals surface area contributed by atoms with E-state index >= 15 is 0 Å². The molecule has 1 heterocycles. The molecule has 4 nitrogen and oxygen atoms in total. The predicted octanol–water partition coefficient (Wildman–Crippen LogP) is 3.51. The molecule has 5 heteroatoms. The van der Waals surface area contributed by atoms with Crippen molar-refractivity contribution in [3.63, 3.8) is 0 Å². The molecule has 122 valence electrons. The third-order valence-electron chi connectivity index (χ3n) is 4.82. The molecule has 3 rings (SSSR count). The maximum absolute atomic E-state index is 4.71. The van der Waals surface area contributed by atoms with Crippen LogP contribution < -0.4 is 10.6 Å². The molecule has 1 aromatic heterocycles. The first-order valence-corrected chi connectivity index (χ1v) is 9.47. The number of rotatable bonds is 7. The Morgan fingerprint density at radius 3 is 2.73 bits per heavy atom. The summed E-state index contributed by atoms with van der Waals surface area (Å²) in [5.74, 6) is 2.42. The average molecular weight is 321 g/mol. The molecule has 2 aliphatic rings. The van der Waals surface area contributed by atoms with Crippen LogP contribution in [0.3, 0.4) is 0 Å². The summed E-state index contributed by atoms with van der Waals surface area (Å²) >= 11 is 1.72. The smallest absolute Gasteiger partial charge is 0.191 e. The van der Waals surface area contributed by atoms with Gasteiger partial charge in [-0.05, 0) is 49.9 Å². The molecule has 2 fully saturated rings. The van der Waals surface area contributed by atoms with Gasteiger partial charge in [0, 0.05) is 18.5 Å². The van der Waals surface area contributed by atoms with Crippen molar-refractivity contribution in [1.29, 1.82) is 0 Å². The van der Waals surface area contributed by atoms with Gasteiger partial charge in [-0.1, -0.05) is 13.8 Å². The van der Waals surface area contributed by atoms with E-state index in [0.717, 1.165) is 30.0 Å². The Balaban J connectivity index is 1.54. The molecule has 0 aliphatic heterocycles. The zero-order chi connectivity index (χ0) is 15.6. The lowest BCUT2D eigenvalue weighted by atomic mass is 10.0. The standard InChI is InChI=1S/C17H28N4S/c1-4-18-16(20-11-17(7-8-17)13-5-6-13)19-9-15-21-14(10-22-15)12(2)3/h10,12-13H,4-9,11H2,1-3H3,(H2,18,19,20). The molecular weight excluding hydrogens is 292 g/mol. The van der Waals surface area contributed by atoms with Crippen molar-refractivity contribution < 1.29 is 0 Å². The summed E-state index contributed by atoms with van der Waals surface area (Å²) in [4.78, 5) is 9.37. The highest BCUT2D eigenvalue weighted by molar-refractivity contribution is 7.09. The number of thiazole rings is 1. The highest BCUT2D eigenvalue weighted by Crippen LogP contribution is 2.60. The van der Waals surface area contributed by atoms with Crippen LogP contribution in [-0.4, -0.2) is 24.0 Å². The van der Waals surface area contributed by atoms with Crippen LogP contribution in [0, 0.1) is 11.3 Å². The normalized spacial score (nSPS) is 20.3. The number of aliphatic imine (C=N–C) groups is 1. The van der Waals surface area contributed by atoms with Crippen molar-refractivity contribution in [1.82, 2.24) is 15.6 Å². The number of hydrogen-bond donors (Lipinski definition) is 2. The lowest BCUT2D eigenvalue weighted by molar-refractivity contribution is 0.431. The van der Waals surface area contributed by atoms with Gasteiger partial charge in [-0.2, -0.15) is 0 Å². The molecule has 0 amide bonds. The van der Waals surface area contributed by atoms with Crippen LogP contribution in [0.2, 0.25) is 0 Å². The summed E-state index contributed by atoms with van der Waals surface area (Å²) in [7, 11) is 0. The topological polar surface area (TPSA) is 49.3 Å². The second-order valence-electron chi connectivity index (χ2n) is 7.01. The summed E-state index contributed by atoms with van der Waals surface area (Å²) < 4.78 is 0. The number of nitrogens with zero attached hydrogens (tertiary/aromatic N) is 2. The van der Waals surface area contributed by atoms with Gasteiger partial charge < -0.3 is 10.6 Å². The van der Waals surface area contributed by atoms with Crippen molar-refractivity contribution >= 4 is 17.3 Å². The van der Waals surface area contributed by atoms with E-state index in [2.05, 4.69) is 41.8 Å². The van der Waals surface area contributed by atoms with Gasteiger partial charge in [-0.15, -0.1) is 11.3 Å². The molecule has 1 aromatic rings. The van der Waals surface area contributed by atoms with Crippen molar-refractivity contribution in [2.24, 2.45) is 16.3 Å². The Labute approximate surface area is 137 Å². The van der Waals surface area contributed by atoms with Crippen LogP contribution in [0.4, 0.5) is 0 Å². The van der Waals surface area contributed by atoms with Crippen LogP contribution in [0.5, 0.6) is 0 Å². The van der Waals surface area contributed by atoms with E-state index in [1.807, 2.05) is 0 Å². The number of aromatic nitrogens is 1. The molecule has 0 saturated heterocycles. The average Bonchev–Trinajstić information content (AvgIpc) is 3.40. The molecule has 0 bridgehead atoms. The fourth-order valence-corrected chi connectivity index (χ4v) is 3.88. The number of nitrogens with one attached hydrogen (secondary N) is 2. The predicted molar refractivity (Wildman–Crippen MR) is 93.4 cm³/mol. The molecule has 0 spiro atoms. The van der Waals surface area contributed by atoms with Gasteiger partial charge in [0.15, 0.2) is 5.96 Å². The molecule has 2 saturated carbocycles. The Bertz CT molecular complexity index is 527. The van der Waals surface area contributed by atoms with Crippen molar-refractivity contribution in [3.05, 3.63) is 16.1 Å². The van der Waals surface area contributed by atoms with Crippen LogP contribution in [0.1, 0.15) is 63.1 Å². The van der Waals surface area contributed by atoms with Crippen LogP contribution in [0.15, 0.2) is 10.4 Å². The fourth-order valence-electron chi connectivity index (χ4n) is 3.00. The lowest BCUT2D eigenvalue weighted by Crippen LogP contribution is -2.40. The third kappa shape index (κ3) is 3.80. The van der Waals surface area contributed by atoms with Gasteiger partial charge in [0.25, 0.3) is 0 Å². The lowest BCUT2D eigenvalue weighted by Gasteiger charge is -2.17. The molecule has 22 heavy (non-hydrogen) atoms. The molecule has 2 N–H and O–H groups in total. The summed E-state index contributed by atoms with van der Waals surface area (Å²) in [6.07, 6.45) is 5.67. The Kier molecular flexibility index (Phi) is 4.71. The third-order valence-corrected chi connectivity index (χ3v) is 5.67. The van der Waals surface area contributed by atoms with Gasteiger partial charge in [0.1, 0.15) is 5.01 Å². The zero-order valence-corrected chi connectivity index (χ0v) is 14.8. The van der Waals surface area contributed by atoms with Crippen molar-refractivity contribution in [2.75, 3.05) is 13.1 Å². The first-order valence-electron chi connectivity index (χ1n) is 8.59. The largest absolute Gasteiger partial charge is 0.357 e. The molecule has 0 unspecified atom stereocenters. The van der Waals surface area contributed by atoms with Crippen molar-refractivity contribution in [3.8, 4) is 0 Å². The summed E-state index contributed by atoms with van der Waals surface area (Å²) in [5.41, 5.74) is 1.78. The first kappa shape index (κ1) is 15.8. The quantitative estimate of drug-likeness (QED) is 0.597. The van der Waals surface area contributed by atoms with Gasteiger partial charge in [-0.3, -0.25) is 0 Å². The minimum absolute atomic E-state index is 0.494. The van der Waals surface area contributed by atoms with E-state index < -0.39 is 0 Å². The van der Waals surface area contributed by atoms with E-state index in [4.69, 9.17) is 4.99 Å². The summed E-state index contributed by atoms with van der Waals surface area (Å²) in [6, 6.07) is 0.